The van der Waals surface area contributed by atoms with Crippen LogP contribution < -0.4 is 0 Å². The van der Waals surface area contributed by atoms with Crippen molar-refractivity contribution in [2.75, 3.05) is 32.7 Å². The Hall–Kier alpha value is -0.860. The smallest absolute Gasteiger partial charge is 0.0113 e. The van der Waals surface area contributed by atoms with Gasteiger partial charge in [-0.25, -0.2) is 0 Å². The molecule has 0 bridgehead atoms. The van der Waals surface area contributed by atoms with Gasteiger partial charge in [-0.2, -0.15) is 0 Å². The molecule has 0 radical (unpaired) electrons. The van der Waals surface area contributed by atoms with Gasteiger partial charge in [0.15, 0.2) is 0 Å². The molecule has 1 saturated heterocycles. The molecule has 1 atom stereocenters. The molecule has 1 aromatic carbocycles. The number of rotatable bonds is 6. The first kappa shape index (κ1) is 14.5. The quantitative estimate of drug-likeness (QED) is 0.776. The largest absolute Gasteiger partial charge is 0.301 e. The summed E-state index contributed by atoms with van der Waals surface area (Å²) in [7, 11) is 0. The first-order chi connectivity index (χ1) is 9.29. The number of nitrogens with zero attached hydrogens (tertiary/aromatic N) is 2. The number of hydrogen-bond donors (Lipinski definition) is 0. The summed E-state index contributed by atoms with van der Waals surface area (Å²) in [6, 6.07) is 11.6. The second-order valence-electron chi connectivity index (χ2n) is 5.72. The Morgan fingerprint density at radius 2 is 1.74 bits per heavy atom. The average molecular weight is 260 g/mol. The maximum absolute atomic E-state index is 2.63. The zero-order valence-corrected chi connectivity index (χ0v) is 12.5. The lowest BCUT2D eigenvalue weighted by atomic mass is 10.1. The molecule has 0 saturated carbocycles. The van der Waals surface area contributed by atoms with Crippen LogP contribution in [0.25, 0.3) is 0 Å². The topological polar surface area (TPSA) is 6.48 Å². The van der Waals surface area contributed by atoms with Crippen molar-refractivity contribution in [2.24, 2.45) is 0 Å². The van der Waals surface area contributed by atoms with Crippen LogP contribution in [0.15, 0.2) is 30.3 Å². The fourth-order valence-corrected chi connectivity index (χ4v) is 2.84. The molecule has 2 rings (SSSR count). The Morgan fingerprint density at radius 1 is 1.05 bits per heavy atom. The van der Waals surface area contributed by atoms with Crippen molar-refractivity contribution in [1.82, 2.24) is 9.80 Å². The molecule has 0 spiro atoms. The summed E-state index contributed by atoms with van der Waals surface area (Å²) in [5, 5.41) is 0. The van der Waals surface area contributed by atoms with Crippen LogP contribution in [0.5, 0.6) is 0 Å². The molecule has 1 heterocycles. The maximum atomic E-state index is 2.63. The van der Waals surface area contributed by atoms with Crippen LogP contribution in [-0.4, -0.2) is 48.6 Å². The van der Waals surface area contributed by atoms with Gasteiger partial charge in [0.2, 0.25) is 0 Å². The van der Waals surface area contributed by atoms with Gasteiger partial charge in [-0.3, -0.25) is 4.90 Å². The van der Waals surface area contributed by atoms with Crippen LogP contribution in [0.1, 0.15) is 32.3 Å². The highest BCUT2D eigenvalue weighted by atomic mass is 15.3. The Balaban J connectivity index is 1.63. The molecule has 2 heteroatoms. The van der Waals surface area contributed by atoms with Crippen LogP contribution in [-0.2, 0) is 6.42 Å². The van der Waals surface area contributed by atoms with E-state index < -0.39 is 0 Å². The van der Waals surface area contributed by atoms with E-state index in [1.54, 1.807) is 0 Å². The third-order valence-electron chi connectivity index (χ3n) is 4.40. The third kappa shape index (κ3) is 4.63. The lowest BCUT2D eigenvalue weighted by Crippen LogP contribution is -2.49. The van der Waals surface area contributed by atoms with Crippen molar-refractivity contribution in [3.63, 3.8) is 0 Å². The Morgan fingerprint density at radius 3 is 2.37 bits per heavy atom. The Bertz CT molecular complexity index is 342. The number of benzene rings is 1. The second-order valence-corrected chi connectivity index (χ2v) is 5.72. The predicted octanol–water partition coefficient (Wildman–Crippen LogP) is 3.04. The fourth-order valence-electron chi connectivity index (χ4n) is 2.84. The SMILES string of the molecule is CC[C@@H](C)N1CCN(CCCc2ccccc2)CC1. The highest BCUT2D eigenvalue weighted by Gasteiger charge is 2.19. The number of hydrogen-bond acceptors (Lipinski definition) is 2. The van der Waals surface area contributed by atoms with Crippen LogP contribution in [0.2, 0.25) is 0 Å². The maximum Gasteiger partial charge on any atom is 0.0113 e. The Labute approximate surface area is 118 Å². The lowest BCUT2D eigenvalue weighted by molar-refractivity contribution is 0.1000. The van der Waals surface area contributed by atoms with Crippen LogP contribution in [0, 0.1) is 0 Å². The monoisotopic (exact) mass is 260 g/mol. The van der Waals surface area contributed by atoms with Gasteiger partial charge in [-0.15, -0.1) is 0 Å². The summed E-state index contributed by atoms with van der Waals surface area (Å²) in [5.74, 6) is 0. The number of aryl methyl sites for hydroxylation is 1. The van der Waals surface area contributed by atoms with Gasteiger partial charge < -0.3 is 4.90 Å². The third-order valence-corrected chi connectivity index (χ3v) is 4.40. The van der Waals surface area contributed by atoms with E-state index in [1.165, 1.54) is 57.5 Å². The van der Waals surface area contributed by atoms with Crippen molar-refractivity contribution in [2.45, 2.75) is 39.2 Å². The molecule has 2 nitrogen and oxygen atoms in total. The first-order valence-corrected chi connectivity index (χ1v) is 7.80. The van der Waals surface area contributed by atoms with E-state index in [4.69, 9.17) is 0 Å². The molecular formula is C17H28N2. The van der Waals surface area contributed by atoms with E-state index in [0.717, 1.165) is 6.04 Å². The lowest BCUT2D eigenvalue weighted by Gasteiger charge is -2.37. The normalized spacial score (nSPS) is 19.5. The minimum Gasteiger partial charge on any atom is -0.301 e. The van der Waals surface area contributed by atoms with Crippen molar-refractivity contribution in [3.05, 3.63) is 35.9 Å². The molecule has 0 aromatic heterocycles. The molecule has 0 unspecified atom stereocenters. The summed E-state index contributed by atoms with van der Waals surface area (Å²) in [6.07, 6.45) is 3.77. The van der Waals surface area contributed by atoms with Gasteiger partial charge in [0.05, 0.1) is 0 Å². The minimum atomic E-state index is 0.756. The minimum absolute atomic E-state index is 0.756. The summed E-state index contributed by atoms with van der Waals surface area (Å²) in [6.45, 7) is 10.9. The highest BCUT2D eigenvalue weighted by molar-refractivity contribution is 5.14. The molecular weight excluding hydrogens is 232 g/mol. The fraction of sp³-hybridized carbons (Fsp3) is 0.647. The van der Waals surface area contributed by atoms with Crippen molar-refractivity contribution in [1.29, 1.82) is 0 Å². The molecule has 1 aliphatic rings. The molecule has 0 N–H and O–H groups in total. The Kier molecular flexibility index (Phi) is 5.87. The average Bonchev–Trinajstić information content (AvgIpc) is 2.48. The second kappa shape index (κ2) is 7.66. The van der Waals surface area contributed by atoms with Crippen molar-refractivity contribution in [3.8, 4) is 0 Å². The van der Waals surface area contributed by atoms with Crippen molar-refractivity contribution >= 4 is 0 Å². The van der Waals surface area contributed by atoms with E-state index in [9.17, 15) is 0 Å². The van der Waals surface area contributed by atoms with Gasteiger partial charge in [0.1, 0.15) is 0 Å². The van der Waals surface area contributed by atoms with E-state index in [-0.39, 0.29) is 0 Å². The van der Waals surface area contributed by atoms with Gasteiger partial charge in [-0.05, 0) is 38.3 Å². The predicted molar refractivity (Wildman–Crippen MR) is 82.5 cm³/mol. The molecule has 1 aliphatic heterocycles. The number of piperazine rings is 1. The van der Waals surface area contributed by atoms with Gasteiger partial charge in [0, 0.05) is 32.2 Å². The molecule has 106 valence electrons. The summed E-state index contributed by atoms with van der Waals surface area (Å²) in [5.41, 5.74) is 1.47. The van der Waals surface area contributed by atoms with Crippen LogP contribution in [0.4, 0.5) is 0 Å². The van der Waals surface area contributed by atoms with Crippen LogP contribution in [0.3, 0.4) is 0 Å². The van der Waals surface area contributed by atoms with Gasteiger partial charge in [0.25, 0.3) is 0 Å². The summed E-state index contributed by atoms with van der Waals surface area (Å²) >= 11 is 0. The van der Waals surface area contributed by atoms with Gasteiger partial charge >= 0.3 is 0 Å². The molecule has 1 aromatic rings. The van der Waals surface area contributed by atoms with Gasteiger partial charge in [-0.1, -0.05) is 37.3 Å². The molecule has 0 amide bonds. The molecule has 0 aliphatic carbocycles. The zero-order chi connectivity index (χ0) is 13.5. The summed E-state index contributed by atoms with van der Waals surface area (Å²) < 4.78 is 0. The van der Waals surface area contributed by atoms with E-state index >= 15 is 0 Å². The van der Waals surface area contributed by atoms with E-state index in [2.05, 4.69) is 54.0 Å². The van der Waals surface area contributed by atoms with E-state index in [0.29, 0.717) is 0 Å². The zero-order valence-electron chi connectivity index (χ0n) is 12.5. The summed E-state index contributed by atoms with van der Waals surface area (Å²) in [4.78, 5) is 5.26. The molecule has 19 heavy (non-hydrogen) atoms. The van der Waals surface area contributed by atoms with E-state index in [1.807, 2.05) is 0 Å². The molecule has 1 fully saturated rings. The van der Waals surface area contributed by atoms with Crippen molar-refractivity contribution < 1.29 is 0 Å². The standard InChI is InChI=1S/C17H28N2/c1-3-16(2)19-14-12-18(13-15-19)11-7-10-17-8-5-4-6-9-17/h4-6,8-9,16H,3,7,10-15H2,1-2H3/t16-/m1/s1. The highest BCUT2D eigenvalue weighted by Crippen LogP contribution is 2.10. The van der Waals surface area contributed by atoms with Crippen LogP contribution >= 0.6 is 0 Å². The first-order valence-electron chi connectivity index (χ1n) is 7.80.